The van der Waals surface area contributed by atoms with Crippen LogP contribution in [0.3, 0.4) is 0 Å². The van der Waals surface area contributed by atoms with Gasteiger partial charge in [-0.3, -0.25) is 19.7 Å². The number of hydrogen-bond donors (Lipinski definition) is 3. The number of primary amides is 1. The Balaban J connectivity index is 1.99. The van der Waals surface area contributed by atoms with Crippen molar-refractivity contribution in [2.24, 2.45) is 5.73 Å². The molecule has 0 aliphatic carbocycles. The first-order valence-electron chi connectivity index (χ1n) is 8.29. The summed E-state index contributed by atoms with van der Waals surface area (Å²) in [6.07, 6.45) is -4.81. The smallest absolute Gasteiger partial charge is 0.379 e. The van der Waals surface area contributed by atoms with Gasteiger partial charge in [0.2, 0.25) is 11.8 Å². The molecular weight excluding hydrogens is 393 g/mol. The fraction of sp³-hybridized carbons (Fsp3) is 0.222. The number of benzene rings is 2. The number of nitrogens with zero attached hydrogens (tertiary/aromatic N) is 1. The average molecular weight is 410 g/mol. The van der Waals surface area contributed by atoms with E-state index in [4.69, 9.17) is 5.73 Å². The van der Waals surface area contributed by atoms with E-state index in [2.05, 4.69) is 10.6 Å². The molecule has 11 heteroatoms. The number of alkyl halides is 3. The van der Waals surface area contributed by atoms with Crippen LogP contribution in [0.5, 0.6) is 0 Å². The molecule has 0 heterocycles. The highest BCUT2D eigenvalue weighted by atomic mass is 19.4. The summed E-state index contributed by atoms with van der Waals surface area (Å²) in [5.74, 6) is -1.03. The van der Waals surface area contributed by atoms with Crippen molar-refractivity contribution in [2.45, 2.75) is 19.5 Å². The molecule has 2 rings (SSSR count). The highest BCUT2D eigenvalue weighted by Gasteiger charge is 2.33. The van der Waals surface area contributed by atoms with Gasteiger partial charge in [-0.15, -0.1) is 0 Å². The molecule has 0 bridgehead atoms. The standard InChI is InChI=1S/C18H17F3N4O4/c1-10-8-12(3-4-13(10)17(22)27)24-16(26)6-7-23-14-5-2-11(18(19,20)21)9-15(14)25(28)29/h2-5,8-9,23H,6-7H2,1H3,(H2,22,27)(H,24,26). The molecule has 0 aliphatic heterocycles. The van der Waals surface area contributed by atoms with Gasteiger partial charge in [0.05, 0.1) is 10.5 Å². The quantitative estimate of drug-likeness (QED) is 0.476. The zero-order valence-corrected chi connectivity index (χ0v) is 15.2. The molecule has 0 aliphatic rings. The maximum atomic E-state index is 12.7. The Morgan fingerprint density at radius 2 is 1.86 bits per heavy atom. The summed E-state index contributed by atoms with van der Waals surface area (Å²) in [6, 6.07) is 6.64. The Kier molecular flexibility index (Phi) is 6.42. The largest absolute Gasteiger partial charge is 0.416 e. The minimum Gasteiger partial charge on any atom is -0.379 e. The summed E-state index contributed by atoms with van der Waals surface area (Å²) < 4.78 is 38.1. The van der Waals surface area contributed by atoms with Crippen molar-refractivity contribution in [2.75, 3.05) is 17.2 Å². The lowest BCUT2D eigenvalue weighted by molar-refractivity contribution is -0.384. The number of carbonyl (C=O) groups excluding carboxylic acids is 2. The predicted molar refractivity (Wildman–Crippen MR) is 99.5 cm³/mol. The van der Waals surface area contributed by atoms with E-state index in [0.29, 0.717) is 22.9 Å². The number of carbonyl (C=O) groups is 2. The topological polar surface area (TPSA) is 127 Å². The second-order valence-corrected chi connectivity index (χ2v) is 6.11. The molecule has 0 spiro atoms. The predicted octanol–water partition coefficient (Wildman–Crippen LogP) is 3.46. The Labute approximate surface area is 163 Å². The van der Waals surface area contributed by atoms with Gasteiger partial charge in [0.25, 0.3) is 5.69 Å². The highest BCUT2D eigenvalue weighted by Crippen LogP contribution is 2.34. The summed E-state index contributed by atoms with van der Waals surface area (Å²) >= 11 is 0. The number of hydrogen-bond acceptors (Lipinski definition) is 5. The summed E-state index contributed by atoms with van der Waals surface area (Å²) in [7, 11) is 0. The maximum absolute atomic E-state index is 12.7. The van der Waals surface area contributed by atoms with E-state index in [1.165, 1.54) is 12.1 Å². The summed E-state index contributed by atoms with van der Waals surface area (Å²) in [5, 5.41) is 16.2. The van der Waals surface area contributed by atoms with Crippen molar-refractivity contribution in [3.63, 3.8) is 0 Å². The van der Waals surface area contributed by atoms with Gasteiger partial charge in [-0.1, -0.05) is 0 Å². The van der Waals surface area contributed by atoms with Crippen LogP contribution in [0.2, 0.25) is 0 Å². The third-order valence-corrected chi connectivity index (χ3v) is 3.96. The number of rotatable bonds is 7. The number of nitrogens with one attached hydrogen (secondary N) is 2. The van der Waals surface area contributed by atoms with Gasteiger partial charge in [-0.2, -0.15) is 13.2 Å². The number of nitro groups is 1. The lowest BCUT2D eigenvalue weighted by Crippen LogP contribution is -2.17. The van der Waals surface area contributed by atoms with E-state index in [1.54, 1.807) is 13.0 Å². The fourth-order valence-corrected chi connectivity index (χ4v) is 2.56. The van der Waals surface area contributed by atoms with Crippen LogP contribution in [0.15, 0.2) is 36.4 Å². The van der Waals surface area contributed by atoms with Crippen molar-refractivity contribution in [3.8, 4) is 0 Å². The van der Waals surface area contributed by atoms with Crippen molar-refractivity contribution in [1.29, 1.82) is 0 Å². The molecule has 2 aromatic rings. The van der Waals surface area contributed by atoms with Crippen molar-refractivity contribution in [1.82, 2.24) is 0 Å². The summed E-state index contributed by atoms with van der Waals surface area (Å²) in [6.45, 7) is 1.61. The first kappa shape index (κ1) is 21.7. The minimum atomic E-state index is -4.70. The van der Waals surface area contributed by atoms with E-state index >= 15 is 0 Å². The van der Waals surface area contributed by atoms with Crippen LogP contribution in [-0.4, -0.2) is 23.3 Å². The Morgan fingerprint density at radius 1 is 1.17 bits per heavy atom. The first-order chi connectivity index (χ1) is 13.5. The molecule has 0 saturated carbocycles. The lowest BCUT2D eigenvalue weighted by Gasteiger charge is -2.11. The van der Waals surface area contributed by atoms with Crippen molar-refractivity contribution < 1.29 is 27.7 Å². The van der Waals surface area contributed by atoms with Crippen LogP contribution in [0.1, 0.15) is 27.9 Å². The molecule has 4 N–H and O–H groups in total. The molecule has 0 unspecified atom stereocenters. The Morgan fingerprint density at radius 3 is 2.41 bits per heavy atom. The van der Waals surface area contributed by atoms with Crippen LogP contribution in [-0.2, 0) is 11.0 Å². The number of nitrogens with two attached hydrogens (primary N) is 1. The van der Waals surface area contributed by atoms with E-state index in [0.717, 1.165) is 12.1 Å². The zero-order valence-electron chi connectivity index (χ0n) is 15.2. The van der Waals surface area contributed by atoms with Gasteiger partial charge in [-0.25, -0.2) is 0 Å². The molecule has 0 aromatic heterocycles. The number of nitro benzene ring substituents is 1. The number of amides is 2. The molecule has 0 fully saturated rings. The lowest BCUT2D eigenvalue weighted by atomic mass is 10.1. The molecule has 29 heavy (non-hydrogen) atoms. The molecule has 154 valence electrons. The van der Waals surface area contributed by atoms with Crippen LogP contribution in [0.4, 0.5) is 30.2 Å². The molecular formula is C18H17F3N4O4. The monoisotopic (exact) mass is 410 g/mol. The second-order valence-electron chi connectivity index (χ2n) is 6.11. The second kappa shape index (κ2) is 8.59. The summed E-state index contributed by atoms with van der Waals surface area (Å²) in [5.41, 5.74) is 4.53. The number of anilines is 2. The summed E-state index contributed by atoms with van der Waals surface area (Å²) in [4.78, 5) is 33.3. The number of aryl methyl sites for hydroxylation is 1. The van der Waals surface area contributed by atoms with Gasteiger partial charge in [-0.05, 0) is 42.8 Å². The van der Waals surface area contributed by atoms with Crippen molar-refractivity contribution in [3.05, 3.63) is 63.2 Å². The van der Waals surface area contributed by atoms with Gasteiger partial charge < -0.3 is 16.4 Å². The third-order valence-electron chi connectivity index (χ3n) is 3.96. The zero-order chi connectivity index (χ0) is 21.8. The SMILES string of the molecule is Cc1cc(NC(=O)CCNc2ccc(C(F)(F)F)cc2[N+](=O)[O-])ccc1C(N)=O. The molecule has 2 aromatic carbocycles. The van der Waals surface area contributed by atoms with E-state index in [9.17, 15) is 32.9 Å². The van der Waals surface area contributed by atoms with Gasteiger partial charge in [0.15, 0.2) is 0 Å². The third kappa shape index (κ3) is 5.67. The van der Waals surface area contributed by atoms with Crippen molar-refractivity contribution >= 4 is 28.9 Å². The molecule has 0 saturated heterocycles. The van der Waals surface area contributed by atoms with Crippen LogP contribution in [0, 0.1) is 17.0 Å². The molecule has 8 nitrogen and oxygen atoms in total. The number of halogens is 3. The Hall–Kier alpha value is -3.63. The van der Waals surface area contributed by atoms with Gasteiger partial charge in [0, 0.05) is 30.3 Å². The normalized spacial score (nSPS) is 11.0. The Bertz CT molecular complexity index is 961. The minimum absolute atomic E-state index is 0.0452. The van der Waals surface area contributed by atoms with Crippen LogP contribution < -0.4 is 16.4 Å². The van der Waals surface area contributed by atoms with E-state index in [1.807, 2.05) is 0 Å². The molecule has 2 amide bonds. The van der Waals surface area contributed by atoms with E-state index < -0.39 is 34.2 Å². The van der Waals surface area contributed by atoms with Gasteiger partial charge >= 0.3 is 6.18 Å². The van der Waals surface area contributed by atoms with Crippen LogP contribution in [0.25, 0.3) is 0 Å². The molecule has 0 radical (unpaired) electrons. The highest BCUT2D eigenvalue weighted by molar-refractivity contribution is 5.96. The molecule has 0 atom stereocenters. The average Bonchev–Trinajstić information content (AvgIpc) is 2.60. The van der Waals surface area contributed by atoms with Crippen LogP contribution >= 0.6 is 0 Å². The van der Waals surface area contributed by atoms with Gasteiger partial charge in [0.1, 0.15) is 5.69 Å². The fourth-order valence-electron chi connectivity index (χ4n) is 2.56. The first-order valence-corrected chi connectivity index (χ1v) is 8.29. The maximum Gasteiger partial charge on any atom is 0.416 e. The van der Waals surface area contributed by atoms with E-state index in [-0.39, 0.29) is 18.7 Å².